The fourth-order valence-corrected chi connectivity index (χ4v) is 1.21. The van der Waals surface area contributed by atoms with Gasteiger partial charge >= 0.3 is 6.03 Å². The van der Waals surface area contributed by atoms with Crippen molar-refractivity contribution in [2.75, 3.05) is 25.6 Å². The van der Waals surface area contributed by atoms with Crippen molar-refractivity contribution in [3.63, 3.8) is 0 Å². The molecule has 1 rings (SSSR count). The second-order valence-electron chi connectivity index (χ2n) is 3.04. The molecule has 0 fully saturated rings. The first-order valence-corrected chi connectivity index (χ1v) is 5.03. The zero-order valence-electron chi connectivity index (χ0n) is 8.79. The fraction of sp³-hybridized carbons (Fsp3) is 0.300. The SMILES string of the molecule is COCCNC(=O)Nc1cc(Cl)ccc1O. The molecular weight excluding hydrogens is 232 g/mol. The molecule has 1 aromatic carbocycles. The van der Waals surface area contributed by atoms with Crippen LogP contribution in [0.4, 0.5) is 10.5 Å². The van der Waals surface area contributed by atoms with Gasteiger partial charge in [0.2, 0.25) is 0 Å². The fourth-order valence-electron chi connectivity index (χ4n) is 1.04. The van der Waals surface area contributed by atoms with E-state index in [9.17, 15) is 9.90 Å². The highest BCUT2D eigenvalue weighted by molar-refractivity contribution is 6.31. The first-order valence-electron chi connectivity index (χ1n) is 4.66. The monoisotopic (exact) mass is 244 g/mol. The highest BCUT2D eigenvalue weighted by Gasteiger charge is 2.05. The number of carbonyl (C=O) groups excluding carboxylic acids is 1. The van der Waals surface area contributed by atoms with Gasteiger partial charge in [-0.25, -0.2) is 4.79 Å². The van der Waals surface area contributed by atoms with E-state index >= 15 is 0 Å². The highest BCUT2D eigenvalue weighted by atomic mass is 35.5. The lowest BCUT2D eigenvalue weighted by atomic mass is 10.3. The molecule has 1 aromatic rings. The van der Waals surface area contributed by atoms with Gasteiger partial charge in [0.15, 0.2) is 0 Å². The number of aromatic hydroxyl groups is 1. The third-order valence-electron chi connectivity index (χ3n) is 1.80. The number of nitrogens with one attached hydrogen (secondary N) is 2. The van der Waals surface area contributed by atoms with Crippen molar-refractivity contribution < 1.29 is 14.6 Å². The minimum atomic E-state index is -0.422. The van der Waals surface area contributed by atoms with Crippen molar-refractivity contribution in [3.05, 3.63) is 23.2 Å². The summed E-state index contributed by atoms with van der Waals surface area (Å²) in [5.74, 6) is -0.0358. The van der Waals surface area contributed by atoms with Crippen molar-refractivity contribution in [1.29, 1.82) is 0 Å². The minimum Gasteiger partial charge on any atom is -0.506 e. The van der Waals surface area contributed by atoms with Crippen LogP contribution in [0.25, 0.3) is 0 Å². The van der Waals surface area contributed by atoms with Crippen LogP contribution >= 0.6 is 11.6 Å². The van der Waals surface area contributed by atoms with Crippen LogP contribution in [0.3, 0.4) is 0 Å². The predicted octanol–water partition coefficient (Wildman–Crippen LogP) is 1.81. The standard InChI is InChI=1S/C10H13ClN2O3/c1-16-5-4-12-10(15)13-8-6-7(11)2-3-9(8)14/h2-3,6,14H,4-5H2,1H3,(H2,12,13,15). The van der Waals surface area contributed by atoms with E-state index in [1.807, 2.05) is 0 Å². The van der Waals surface area contributed by atoms with Crippen LogP contribution in [-0.4, -0.2) is 31.4 Å². The molecule has 0 saturated heterocycles. The summed E-state index contributed by atoms with van der Waals surface area (Å²) < 4.78 is 4.77. The van der Waals surface area contributed by atoms with Crippen LogP contribution in [0.2, 0.25) is 5.02 Å². The zero-order chi connectivity index (χ0) is 12.0. The summed E-state index contributed by atoms with van der Waals surface area (Å²) in [6, 6.07) is 3.99. The Morgan fingerprint density at radius 2 is 2.31 bits per heavy atom. The van der Waals surface area contributed by atoms with Gasteiger partial charge in [0.05, 0.1) is 12.3 Å². The maximum Gasteiger partial charge on any atom is 0.319 e. The van der Waals surface area contributed by atoms with E-state index in [2.05, 4.69) is 10.6 Å². The first-order chi connectivity index (χ1) is 7.63. The molecule has 88 valence electrons. The Morgan fingerprint density at radius 1 is 1.56 bits per heavy atom. The Bertz CT molecular complexity index is 371. The molecule has 3 N–H and O–H groups in total. The second kappa shape index (κ2) is 6.19. The number of carbonyl (C=O) groups is 1. The Hall–Kier alpha value is -1.46. The van der Waals surface area contributed by atoms with Crippen LogP contribution in [0.1, 0.15) is 0 Å². The lowest BCUT2D eigenvalue weighted by Gasteiger charge is -2.08. The van der Waals surface area contributed by atoms with E-state index in [1.165, 1.54) is 18.2 Å². The third kappa shape index (κ3) is 3.96. The van der Waals surface area contributed by atoms with Gasteiger partial charge in [0.1, 0.15) is 5.75 Å². The van der Waals surface area contributed by atoms with E-state index in [0.29, 0.717) is 18.2 Å². The number of benzene rings is 1. The molecular formula is C10H13ClN2O3. The molecule has 0 heterocycles. The number of amides is 2. The van der Waals surface area contributed by atoms with Gasteiger partial charge in [-0.05, 0) is 18.2 Å². The van der Waals surface area contributed by atoms with Crippen LogP contribution in [-0.2, 0) is 4.74 Å². The number of phenols is 1. The van der Waals surface area contributed by atoms with Crippen molar-refractivity contribution in [2.45, 2.75) is 0 Å². The molecule has 0 aliphatic heterocycles. The van der Waals surface area contributed by atoms with Gasteiger partial charge in [-0.2, -0.15) is 0 Å². The number of hydrogen-bond donors (Lipinski definition) is 3. The summed E-state index contributed by atoms with van der Waals surface area (Å²) in [6.45, 7) is 0.818. The maximum absolute atomic E-state index is 11.3. The number of rotatable bonds is 4. The van der Waals surface area contributed by atoms with Crippen molar-refractivity contribution in [3.8, 4) is 5.75 Å². The maximum atomic E-state index is 11.3. The largest absolute Gasteiger partial charge is 0.506 e. The Morgan fingerprint density at radius 3 is 3.00 bits per heavy atom. The predicted molar refractivity (Wildman–Crippen MR) is 62.0 cm³/mol. The van der Waals surface area contributed by atoms with E-state index in [0.717, 1.165) is 0 Å². The number of hydrogen-bond acceptors (Lipinski definition) is 3. The molecule has 0 spiro atoms. The molecule has 0 aliphatic rings. The van der Waals surface area contributed by atoms with Crippen molar-refractivity contribution in [1.82, 2.24) is 5.32 Å². The number of halogens is 1. The Labute approximate surface area is 98.4 Å². The van der Waals surface area contributed by atoms with Crippen molar-refractivity contribution in [2.24, 2.45) is 0 Å². The van der Waals surface area contributed by atoms with Gasteiger partial charge in [0.25, 0.3) is 0 Å². The summed E-state index contributed by atoms with van der Waals surface area (Å²) in [5, 5.41) is 14.9. The molecule has 0 atom stereocenters. The first kappa shape index (κ1) is 12.6. The number of methoxy groups -OCH3 is 1. The average molecular weight is 245 g/mol. The number of anilines is 1. The molecule has 0 aliphatic carbocycles. The van der Waals surface area contributed by atoms with Gasteiger partial charge in [0, 0.05) is 18.7 Å². The quantitative estimate of drug-likeness (QED) is 0.559. The van der Waals surface area contributed by atoms with Crippen molar-refractivity contribution >= 4 is 23.3 Å². The molecule has 6 heteroatoms. The van der Waals surface area contributed by atoms with E-state index < -0.39 is 6.03 Å². The minimum absolute atomic E-state index is 0.0358. The molecule has 16 heavy (non-hydrogen) atoms. The number of phenolic OH excluding ortho intramolecular Hbond substituents is 1. The van der Waals surface area contributed by atoms with Crippen LogP contribution in [0.5, 0.6) is 5.75 Å². The smallest absolute Gasteiger partial charge is 0.319 e. The Balaban J connectivity index is 2.52. The molecule has 5 nitrogen and oxygen atoms in total. The summed E-state index contributed by atoms with van der Waals surface area (Å²) in [5.41, 5.74) is 0.266. The van der Waals surface area contributed by atoms with E-state index in [4.69, 9.17) is 16.3 Å². The molecule has 2 amide bonds. The third-order valence-corrected chi connectivity index (χ3v) is 2.03. The van der Waals surface area contributed by atoms with E-state index in [1.54, 1.807) is 7.11 Å². The lowest BCUT2D eigenvalue weighted by molar-refractivity contribution is 0.198. The normalized spacial score (nSPS) is 9.88. The van der Waals surface area contributed by atoms with Gasteiger partial charge in [-0.1, -0.05) is 11.6 Å². The molecule has 0 unspecified atom stereocenters. The number of ether oxygens (including phenoxy) is 1. The summed E-state index contributed by atoms with van der Waals surface area (Å²) in [7, 11) is 1.54. The average Bonchev–Trinajstić information content (AvgIpc) is 2.24. The van der Waals surface area contributed by atoms with Gasteiger partial charge < -0.3 is 20.5 Å². The summed E-state index contributed by atoms with van der Waals surface area (Å²) in [4.78, 5) is 11.3. The van der Waals surface area contributed by atoms with Crippen LogP contribution < -0.4 is 10.6 Å². The lowest BCUT2D eigenvalue weighted by Crippen LogP contribution is -2.31. The topological polar surface area (TPSA) is 70.6 Å². The zero-order valence-corrected chi connectivity index (χ0v) is 9.54. The molecule has 0 bridgehead atoms. The van der Waals surface area contributed by atoms with Gasteiger partial charge in [-0.15, -0.1) is 0 Å². The number of urea groups is 1. The summed E-state index contributed by atoms with van der Waals surface area (Å²) in [6.07, 6.45) is 0. The van der Waals surface area contributed by atoms with Crippen LogP contribution in [0.15, 0.2) is 18.2 Å². The highest BCUT2D eigenvalue weighted by Crippen LogP contribution is 2.26. The second-order valence-corrected chi connectivity index (χ2v) is 3.47. The molecule has 0 radical (unpaired) electrons. The van der Waals surface area contributed by atoms with Crippen LogP contribution in [0, 0.1) is 0 Å². The molecule has 0 saturated carbocycles. The van der Waals surface area contributed by atoms with E-state index in [-0.39, 0.29) is 11.4 Å². The molecule has 0 aromatic heterocycles. The Kier molecular flexibility index (Phi) is 4.88. The van der Waals surface area contributed by atoms with Gasteiger partial charge in [-0.3, -0.25) is 0 Å². The summed E-state index contributed by atoms with van der Waals surface area (Å²) >= 11 is 5.72.